The molecule has 0 saturated carbocycles. The van der Waals surface area contributed by atoms with Gasteiger partial charge < -0.3 is 8.83 Å². The van der Waals surface area contributed by atoms with Crippen LogP contribution in [0.25, 0.3) is 111 Å². The van der Waals surface area contributed by atoms with Crippen molar-refractivity contribution in [3.63, 3.8) is 0 Å². The first-order valence-corrected chi connectivity index (χ1v) is 17.2. The lowest BCUT2D eigenvalue weighted by atomic mass is 9.95. The summed E-state index contributed by atoms with van der Waals surface area (Å²) in [6.07, 6.45) is 0. The van der Waals surface area contributed by atoms with Crippen molar-refractivity contribution in [1.29, 1.82) is 0 Å². The summed E-state index contributed by atoms with van der Waals surface area (Å²) in [6, 6.07) is 53.5. The van der Waals surface area contributed by atoms with Crippen molar-refractivity contribution < 1.29 is 8.83 Å². The van der Waals surface area contributed by atoms with E-state index >= 15 is 0 Å². The summed E-state index contributed by atoms with van der Waals surface area (Å²) in [4.78, 5) is 20.4. The second-order valence-corrected chi connectivity index (χ2v) is 13.0. The number of fused-ring (bicyclic) bond motifs is 8. The van der Waals surface area contributed by atoms with Crippen LogP contribution in [0.5, 0.6) is 0 Å². The smallest absolute Gasteiger partial charge is 0.227 e. The maximum Gasteiger partial charge on any atom is 0.227 e. The Morgan fingerprint density at radius 3 is 1.98 bits per heavy atom. The molecule has 0 N–H and O–H groups in total. The van der Waals surface area contributed by atoms with Gasteiger partial charge in [-0.3, -0.25) is 0 Å². The van der Waals surface area contributed by atoms with E-state index in [4.69, 9.17) is 28.8 Å². The van der Waals surface area contributed by atoms with Crippen LogP contribution in [-0.4, -0.2) is 19.9 Å². The molecular weight excluding hydrogens is 641 g/mol. The Morgan fingerprint density at radius 1 is 0.365 bits per heavy atom. The van der Waals surface area contributed by atoms with Crippen molar-refractivity contribution in [2.24, 2.45) is 0 Å². The third-order valence-corrected chi connectivity index (χ3v) is 9.92. The van der Waals surface area contributed by atoms with E-state index in [9.17, 15) is 0 Å². The van der Waals surface area contributed by atoms with Gasteiger partial charge in [0, 0.05) is 49.2 Å². The lowest BCUT2D eigenvalue weighted by molar-refractivity contribution is 0.657. The molecule has 4 heterocycles. The first-order chi connectivity index (χ1) is 25.7. The predicted molar refractivity (Wildman–Crippen MR) is 209 cm³/mol. The van der Waals surface area contributed by atoms with Gasteiger partial charge in [0.2, 0.25) is 5.71 Å². The summed E-state index contributed by atoms with van der Waals surface area (Å²) in [5, 5.41) is 7.18. The van der Waals surface area contributed by atoms with Gasteiger partial charge in [-0.1, -0.05) is 115 Å². The Kier molecular flexibility index (Phi) is 6.15. The van der Waals surface area contributed by atoms with Gasteiger partial charge in [0.1, 0.15) is 16.7 Å². The van der Waals surface area contributed by atoms with Crippen molar-refractivity contribution in [1.82, 2.24) is 19.9 Å². The molecule has 242 valence electrons. The van der Waals surface area contributed by atoms with Crippen LogP contribution in [0.3, 0.4) is 0 Å². The second-order valence-electron chi connectivity index (χ2n) is 13.0. The maximum absolute atomic E-state index is 6.81. The van der Waals surface area contributed by atoms with Gasteiger partial charge in [-0.2, -0.15) is 0 Å². The normalized spacial score (nSPS) is 11.8. The number of aromatic nitrogens is 4. The molecule has 0 aliphatic rings. The molecule has 7 aromatic carbocycles. The largest absolute Gasteiger partial charge is 0.456 e. The first-order valence-electron chi connectivity index (χ1n) is 17.2. The minimum atomic E-state index is 0.552. The van der Waals surface area contributed by atoms with Gasteiger partial charge in [-0.15, -0.1) is 0 Å². The minimum Gasteiger partial charge on any atom is -0.456 e. The Bertz CT molecular complexity index is 3200. The number of hydrogen-bond donors (Lipinski definition) is 0. The number of benzene rings is 7. The zero-order chi connectivity index (χ0) is 34.2. The highest BCUT2D eigenvalue weighted by Crippen LogP contribution is 2.45. The molecule has 0 amide bonds. The molecule has 11 aromatic rings. The third kappa shape index (κ3) is 4.44. The van der Waals surface area contributed by atoms with Crippen molar-refractivity contribution in [3.8, 4) is 45.3 Å². The van der Waals surface area contributed by atoms with Gasteiger partial charge in [0.15, 0.2) is 17.5 Å². The van der Waals surface area contributed by atoms with Crippen LogP contribution in [0.2, 0.25) is 0 Å². The maximum atomic E-state index is 6.81. The molecule has 0 saturated heterocycles. The molecular formula is C46H26N4O2. The van der Waals surface area contributed by atoms with E-state index in [1.54, 1.807) is 0 Å². The zero-order valence-electron chi connectivity index (χ0n) is 27.6. The van der Waals surface area contributed by atoms with Crippen molar-refractivity contribution in [2.45, 2.75) is 0 Å². The molecule has 4 aromatic heterocycles. The lowest BCUT2D eigenvalue weighted by Gasteiger charge is -2.11. The van der Waals surface area contributed by atoms with Gasteiger partial charge in [-0.25, -0.2) is 19.9 Å². The molecule has 0 aliphatic heterocycles. The SMILES string of the molecule is c1ccc(-c2nc(-c3ccc4ccccc4c3)nc(-c3ccc(-c4cccc5oc6ccccc6c45)c4oc5nc6ccccc6cc5c34)n2)cc1. The number of rotatable bonds is 4. The van der Waals surface area contributed by atoms with E-state index < -0.39 is 0 Å². The molecule has 0 unspecified atom stereocenters. The van der Waals surface area contributed by atoms with E-state index in [1.165, 1.54) is 0 Å². The van der Waals surface area contributed by atoms with Gasteiger partial charge in [0.25, 0.3) is 0 Å². The quantitative estimate of drug-likeness (QED) is 0.186. The standard InChI is InChI=1S/C46H26N4O2/c1-2-12-28(13-3-1)43-48-44(31-22-21-27-11-4-5-14-29(27)25-31)50-45(49-43)35-24-23-33(32-17-10-20-39-40(32)34-16-7-9-19-38(34)51-39)42-41(35)36-26-30-15-6-8-18-37(30)47-46(36)52-42/h1-26H. The number of para-hydroxylation sites is 2. The van der Waals surface area contributed by atoms with Crippen LogP contribution >= 0.6 is 0 Å². The summed E-state index contributed by atoms with van der Waals surface area (Å²) in [7, 11) is 0. The Morgan fingerprint density at radius 2 is 1.08 bits per heavy atom. The summed E-state index contributed by atoms with van der Waals surface area (Å²) in [6.45, 7) is 0. The summed E-state index contributed by atoms with van der Waals surface area (Å²) in [5.41, 5.74) is 8.40. The fourth-order valence-electron chi connectivity index (χ4n) is 7.48. The number of hydrogen-bond acceptors (Lipinski definition) is 6. The summed E-state index contributed by atoms with van der Waals surface area (Å²) < 4.78 is 13.1. The van der Waals surface area contributed by atoms with Crippen LogP contribution in [0.4, 0.5) is 0 Å². The number of nitrogens with zero attached hydrogens (tertiary/aromatic N) is 4. The molecule has 11 rings (SSSR count). The molecule has 0 bridgehead atoms. The molecule has 6 heteroatoms. The molecule has 0 fully saturated rings. The second kappa shape index (κ2) is 11.2. The fraction of sp³-hybridized carbons (Fsp3) is 0. The minimum absolute atomic E-state index is 0.552. The van der Waals surface area contributed by atoms with Crippen molar-refractivity contribution in [2.75, 3.05) is 0 Å². The Labute approximate surface area is 296 Å². The Balaban J connectivity index is 1.23. The molecule has 6 nitrogen and oxygen atoms in total. The Hall–Kier alpha value is -7.18. The summed E-state index contributed by atoms with van der Waals surface area (Å²) >= 11 is 0. The van der Waals surface area contributed by atoms with Crippen LogP contribution in [0.15, 0.2) is 167 Å². The molecule has 0 radical (unpaired) electrons. The van der Waals surface area contributed by atoms with Crippen molar-refractivity contribution in [3.05, 3.63) is 158 Å². The topological polar surface area (TPSA) is 77.8 Å². The van der Waals surface area contributed by atoms with E-state index in [-0.39, 0.29) is 0 Å². The number of furan rings is 2. The third-order valence-electron chi connectivity index (χ3n) is 9.92. The first kappa shape index (κ1) is 28.6. The molecule has 0 spiro atoms. The highest BCUT2D eigenvalue weighted by atomic mass is 16.3. The molecule has 0 aliphatic carbocycles. The monoisotopic (exact) mass is 666 g/mol. The van der Waals surface area contributed by atoms with Crippen LogP contribution in [0.1, 0.15) is 0 Å². The van der Waals surface area contributed by atoms with Gasteiger partial charge in [0.05, 0.1) is 5.52 Å². The van der Waals surface area contributed by atoms with Crippen LogP contribution in [0, 0.1) is 0 Å². The highest BCUT2D eigenvalue weighted by Gasteiger charge is 2.23. The average Bonchev–Trinajstić information content (AvgIpc) is 3.78. The van der Waals surface area contributed by atoms with E-state index in [1.807, 2.05) is 91.0 Å². The summed E-state index contributed by atoms with van der Waals surface area (Å²) in [5.74, 6) is 1.74. The lowest BCUT2D eigenvalue weighted by Crippen LogP contribution is -2.00. The fourth-order valence-corrected chi connectivity index (χ4v) is 7.48. The average molecular weight is 667 g/mol. The highest BCUT2D eigenvalue weighted by molar-refractivity contribution is 6.20. The van der Waals surface area contributed by atoms with Crippen molar-refractivity contribution >= 4 is 65.7 Å². The molecule has 0 atom stereocenters. The molecule has 52 heavy (non-hydrogen) atoms. The van der Waals surface area contributed by atoms with Gasteiger partial charge in [-0.05, 0) is 58.8 Å². The van der Waals surface area contributed by atoms with E-state index in [0.29, 0.717) is 28.8 Å². The predicted octanol–water partition coefficient (Wildman–Crippen LogP) is 12.0. The van der Waals surface area contributed by atoms with Gasteiger partial charge >= 0.3 is 0 Å². The van der Waals surface area contributed by atoms with E-state index in [0.717, 1.165) is 82.2 Å². The van der Waals surface area contributed by atoms with Crippen LogP contribution in [-0.2, 0) is 0 Å². The van der Waals surface area contributed by atoms with E-state index in [2.05, 4.69) is 66.7 Å². The number of pyridine rings is 1. The zero-order valence-corrected chi connectivity index (χ0v) is 27.6. The van der Waals surface area contributed by atoms with Crippen LogP contribution < -0.4 is 0 Å².